The molecule has 0 spiro atoms. The summed E-state index contributed by atoms with van der Waals surface area (Å²) >= 11 is 0. The summed E-state index contributed by atoms with van der Waals surface area (Å²) in [6.07, 6.45) is 4.22. The maximum absolute atomic E-state index is 3.88. The van der Waals surface area contributed by atoms with E-state index in [1.54, 1.807) is 0 Å². The van der Waals surface area contributed by atoms with Gasteiger partial charge in [0.05, 0.1) is 0 Å². The summed E-state index contributed by atoms with van der Waals surface area (Å²) in [4.78, 5) is 0. The highest BCUT2D eigenvalue weighted by Crippen LogP contribution is 2.31. The molecule has 0 aromatic rings. The molecule has 1 aliphatic carbocycles. The molecule has 1 aliphatic rings. The lowest BCUT2D eigenvalue weighted by molar-refractivity contribution is 0.369. The van der Waals surface area contributed by atoms with Crippen molar-refractivity contribution >= 4 is 0 Å². The van der Waals surface area contributed by atoms with Crippen molar-refractivity contribution in [3.05, 3.63) is 12.2 Å². The standard InChI is InChI=1S/C7H12/c1-6(2)7-4-3-5-7/h7H,1,3-5H2,2H3. The van der Waals surface area contributed by atoms with Crippen LogP contribution in [0.2, 0.25) is 0 Å². The van der Waals surface area contributed by atoms with E-state index in [-0.39, 0.29) is 0 Å². The Hall–Kier alpha value is -0.260. The SMILES string of the molecule is C=C(C)C1CCC1. The molecule has 1 rings (SSSR count). The Bertz CT molecular complexity index is 78.0. The zero-order valence-electron chi connectivity index (χ0n) is 4.91. The molecular weight excluding hydrogens is 84.1 g/mol. The van der Waals surface area contributed by atoms with Crippen LogP contribution in [0.25, 0.3) is 0 Å². The molecular formula is C7H12. The molecule has 7 heavy (non-hydrogen) atoms. The summed E-state index contributed by atoms with van der Waals surface area (Å²) in [6, 6.07) is 0. The van der Waals surface area contributed by atoms with E-state index in [0.717, 1.165) is 5.92 Å². The second-order valence-corrected chi connectivity index (χ2v) is 2.47. The third-order valence-electron chi connectivity index (χ3n) is 1.80. The maximum Gasteiger partial charge on any atom is -0.0209 e. The summed E-state index contributed by atoms with van der Waals surface area (Å²) in [5, 5.41) is 0. The summed E-state index contributed by atoms with van der Waals surface area (Å²) in [6.45, 7) is 6.01. The Labute approximate surface area is 45.2 Å². The molecule has 0 unspecified atom stereocenters. The van der Waals surface area contributed by atoms with E-state index in [2.05, 4.69) is 13.5 Å². The minimum atomic E-state index is 0.889. The van der Waals surface area contributed by atoms with Crippen molar-refractivity contribution < 1.29 is 0 Å². The van der Waals surface area contributed by atoms with Gasteiger partial charge < -0.3 is 0 Å². The molecule has 0 aromatic carbocycles. The molecule has 0 heteroatoms. The van der Waals surface area contributed by atoms with Crippen molar-refractivity contribution in [3.63, 3.8) is 0 Å². The van der Waals surface area contributed by atoms with Gasteiger partial charge in [0, 0.05) is 0 Å². The number of allylic oxidation sites excluding steroid dienone is 1. The Morgan fingerprint density at radius 1 is 1.57 bits per heavy atom. The van der Waals surface area contributed by atoms with Crippen LogP contribution in [0, 0.1) is 5.92 Å². The molecule has 40 valence electrons. The van der Waals surface area contributed by atoms with Crippen LogP contribution < -0.4 is 0 Å². The molecule has 0 bridgehead atoms. The molecule has 0 aliphatic heterocycles. The summed E-state index contributed by atoms with van der Waals surface area (Å²) in [5.41, 5.74) is 1.38. The normalized spacial score (nSPS) is 21.3. The monoisotopic (exact) mass is 96.1 g/mol. The maximum atomic E-state index is 3.88. The lowest BCUT2D eigenvalue weighted by atomic mass is 9.81. The number of hydrogen-bond donors (Lipinski definition) is 0. The van der Waals surface area contributed by atoms with E-state index in [0.29, 0.717) is 0 Å². The van der Waals surface area contributed by atoms with Gasteiger partial charge in [0.1, 0.15) is 0 Å². The van der Waals surface area contributed by atoms with Gasteiger partial charge in [0.15, 0.2) is 0 Å². The van der Waals surface area contributed by atoms with Gasteiger partial charge in [0.2, 0.25) is 0 Å². The van der Waals surface area contributed by atoms with E-state index in [9.17, 15) is 0 Å². The van der Waals surface area contributed by atoms with Crippen LogP contribution in [0.3, 0.4) is 0 Å². The van der Waals surface area contributed by atoms with Crippen LogP contribution in [0.4, 0.5) is 0 Å². The van der Waals surface area contributed by atoms with E-state index in [1.165, 1.54) is 24.8 Å². The third kappa shape index (κ3) is 0.846. The molecule has 0 aromatic heterocycles. The largest absolute Gasteiger partial charge is 0.0999 e. The minimum absolute atomic E-state index is 0.889. The van der Waals surface area contributed by atoms with Gasteiger partial charge >= 0.3 is 0 Å². The van der Waals surface area contributed by atoms with Crippen molar-refractivity contribution in [3.8, 4) is 0 Å². The Morgan fingerprint density at radius 2 is 2.14 bits per heavy atom. The van der Waals surface area contributed by atoms with Crippen LogP contribution >= 0.6 is 0 Å². The highest BCUT2D eigenvalue weighted by Gasteiger charge is 2.16. The summed E-state index contributed by atoms with van der Waals surface area (Å²) in [7, 11) is 0. The second kappa shape index (κ2) is 1.69. The van der Waals surface area contributed by atoms with Gasteiger partial charge in [-0.15, -0.1) is 0 Å². The highest BCUT2D eigenvalue weighted by molar-refractivity contribution is 4.99. The number of rotatable bonds is 1. The fourth-order valence-electron chi connectivity index (χ4n) is 0.901. The van der Waals surface area contributed by atoms with Crippen LogP contribution in [-0.2, 0) is 0 Å². The van der Waals surface area contributed by atoms with Crippen molar-refractivity contribution in [1.82, 2.24) is 0 Å². The Kier molecular flexibility index (Phi) is 1.18. The minimum Gasteiger partial charge on any atom is -0.0999 e. The average Bonchev–Trinajstić information content (AvgIpc) is 1.23. The van der Waals surface area contributed by atoms with Gasteiger partial charge in [-0.3, -0.25) is 0 Å². The average molecular weight is 96.2 g/mol. The Balaban J connectivity index is 2.27. The first kappa shape index (κ1) is 4.89. The molecule has 0 atom stereocenters. The van der Waals surface area contributed by atoms with E-state index in [1.807, 2.05) is 0 Å². The van der Waals surface area contributed by atoms with Gasteiger partial charge in [0.25, 0.3) is 0 Å². The van der Waals surface area contributed by atoms with Gasteiger partial charge in [-0.05, 0) is 25.7 Å². The Morgan fingerprint density at radius 3 is 2.14 bits per heavy atom. The first-order valence-corrected chi connectivity index (χ1v) is 2.96. The molecule has 1 saturated carbocycles. The fourth-order valence-corrected chi connectivity index (χ4v) is 0.901. The molecule has 0 radical (unpaired) electrons. The first-order chi connectivity index (χ1) is 3.30. The predicted molar refractivity (Wildman–Crippen MR) is 32.2 cm³/mol. The van der Waals surface area contributed by atoms with Gasteiger partial charge in [-0.1, -0.05) is 18.6 Å². The molecule has 0 nitrogen and oxygen atoms in total. The number of hydrogen-bond acceptors (Lipinski definition) is 0. The van der Waals surface area contributed by atoms with Crippen LogP contribution in [0.1, 0.15) is 26.2 Å². The van der Waals surface area contributed by atoms with Gasteiger partial charge in [-0.25, -0.2) is 0 Å². The van der Waals surface area contributed by atoms with Crippen molar-refractivity contribution in [2.75, 3.05) is 0 Å². The zero-order valence-corrected chi connectivity index (χ0v) is 4.91. The summed E-state index contributed by atoms with van der Waals surface area (Å²) < 4.78 is 0. The quantitative estimate of drug-likeness (QED) is 0.439. The molecule has 0 saturated heterocycles. The fraction of sp³-hybridized carbons (Fsp3) is 0.714. The van der Waals surface area contributed by atoms with Crippen molar-refractivity contribution in [1.29, 1.82) is 0 Å². The smallest absolute Gasteiger partial charge is 0.0209 e. The molecule has 0 amide bonds. The topological polar surface area (TPSA) is 0 Å². The third-order valence-corrected chi connectivity index (χ3v) is 1.80. The molecule has 0 heterocycles. The highest BCUT2D eigenvalue weighted by atomic mass is 14.2. The zero-order chi connectivity index (χ0) is 5.28. The predicted octanol–water partition coefficient (Wildman–Crippen LogP) is 2.36. The van der Waals surface area contributed by atoms with Crippen LogP contribution in [0.5, 0.6) is 0 Å². The lowest BCUT2D eigenvalue weighted by Gasteiger charge is -2.25. The molecule has 0 N–H and O–H groups in total. The van der Waals surface area contributed by atoms with E-state index in [4.69, 9.17) is 0 Å². The van der Waals surface area contributed by atoms with Crippen molar-refractivity contribution in [2.45, 2.75) is 26.2 Å². The van der Waals surface area contributed by atoms with Crippen LogP contribution in [0.15, 0.2) is 12.2 Å². The lowest BCUT2D eigenvalue weighted by Crippen LogP contribution is -2.10. The van der Waals surface area contributed by atoms with Crippen LogP contribution in [-0.4, -0.2) is 0 Å². The van der Waals surface area contributed by atoms with Crippen molar-refractivity contribution in [2.24, 2.45) is 5.92 Å². The van der Waals surface area contributed by atoms with Gasteiger partial charge in [-0.2, -0.15) is 0 Å². The first-order valence-electron chi connectivity index (χ1n) is 2.96. The molecule has 1 fully saturated rings. The second-order valence-electron chi connectivity index (χ2n) is 2.47. The summed E-state index contributed by atoms with van der Waals surface area (Å²) in [5.74, 6) is 0.889. The van der Waals surface area contributed by atoms with E-state index < -0.39 is 0 Å². The van der Waals surface area contributed by atoms with E-state index >= 15 is 0 Å².